The van der Waals surface area contributed by atoms with Gasteiger partial charge in [-0.15, -0.1) is 11.3 Å². The number of fused-ring (bicyclic) bond motifs is 1. The van der Waals surface area contributed by atoms with Crippen LogP contribution in [0.3, 0.4) is 0 Å². The number of amides is 1. The fourth-order valence-corrected chi connectivity index (χ4v) is 3.51. The maximum Gasteiger partial charge on any atom is 0.274 e. The summed E-state index contributed by atoms with van der Waals surface area (Å²) in [5.41, 5.74) is 1.37. The van der Waals surface area contributed by atoms with Gasteiger partial charge in [-0.2, -0.15) is 5.10 Å². The Morgan fingerprint density at radius 2 is 1.93 bits per heavy atom. The molecule has 7 heteroatoms. The summed E-state index contributed by atoms with van der Waals surface area (Å²) in [6, 6.07) is 14.6. The second-order valence-electron chi connectivity index (χ2n) is 5.98. The van der Waals surface area contributed by atoms with Crippen LogP contribution in [0.15, 0.2) is 71.1 Å². The van der Waals surface area contributed by atoms with Crippen LogP contribution in [0.5, 0.6) is 0 Å². The van der Waals surface area contributed by atoms with Crippen molar-refractivity contribution in [1.82, 2.24) is 20.1 Å². The van der Waals surface area contributed by atoms with Crippen LogP contribution in [0, 0.1) is 0 Å². The molecule has 0 atom stereocenters. The van der Waals surface area contributed by atoms with Gasteiger partial charge in [-0.3, -0.25) is 14.6 Å². The minimum absolute atomic E-state index is 0.152. The zero-order chi connectivity index (χ0) is 18.6. The molecule has 0 spiro atoms. The number of nitrogens with zero attached hydrogens (tertiary/aromatic N) is 3. The second-order valence-corrected chi connectivity index (χ2v) is 6.92. The van der Waals surface area contributed by atoms with Crippen molar-refractivity contribution in [1.29, 1.82) is 0 Å². The molecule has 1 amide bonds. The maximum absolute atomic E-state index is 12.8. The molecule has 3 aromatic heterocycles. The van der Waals surface area contributed by atoms with Crippen molar-refractivity contribution in [2.75, 3.05) is 0 Å². The summed E-state index contributed by atoms with van der Waals surface area (Å²) >= 11 is 1.38. The lowest BCUT2D eigenvalue weighted by Gasteiger charge is -2.11. The van der Waals surface area contributed by atoms with Gasteiger partial charge in [0.15, 0.2) is 0 Å². The summed E-state index contributed by atoms with van der Waals surface area (Å²) in [4.78, 5) is 29.8. The molecule has 1 aromatic carbocycles. The van der Waals surface area contributed by atoms with Crippen molar-refractivity contribution in [3.63, 3.8) is 0 Å². The highest BCUT2D eigenvalue weighted by Gasteiger charge is 2.13. The Labute approximate surface area is 159 Å². The molecule has 0 saturated carbocycles. The van der Waals surface area contributed by atoms with Gasteiger partial charge in [0.05, 0.1) is 29.0 Å². The van der Waals surface area contributed by atoms with E-state index in [0.29, 0.717) is 22.5 Å². The first-order valence-electron chi connectivity index (χ1n) is 8.42. The highest BCUT2D eigenvalue weighted by Crippen LogP contribution is 2.14. The first-order chi connectivity index (χ1) is 13.2. The fraction of sp³-hybridized carbons (Fsp3) is 0.100. The maximum atomic E-state index is 12.8. The normalized spacial score (nSPS) is 10.8. The second kappa shape index (κ2) is 7.51. The Morgan fingerprint density at radius 3 is 2.67 bits per heavy atom. The minimum Gasteiger partial charge on any atom is -0.346 e. The Morgan fingerprint density at radius 1 is 1.07 bits per heavy atom. The number of hydrogen-bond donors (Lipinski definition) is 1. The zero-order valence-corrected chi connectivity index (χ0v) is 15.1. The van der Waals surface area contributed by atoms with Crippen LogP contribution in [0.4, 0.5) is 0 Å². The molecular weight excluding hydrogens is 360 g/mol. The van der Waals surface area contributed by atoms with Gasteiger partial charge in [0.2, 0.25) is 0 Å². The lowest BCUT2D eigenvalue weighted by Crippen LogP contribution is -2.28. The average Bonchev–Trinajstić information content (AvgIpc) is 3.25. The van der Waals surface area contributed by atoms with Crippen LogP contribution in [-0.2, 0) is 13.1 Å². The summed E-state index contributed by atoms with van der Waals surface area (Å²) in [5, 5.41) is 10.6. The first-order valence-corrected chi connectivity index (χ1v) is 9.29. The summed E-state index contributed by atoms with van der Waals surface area (Å²) in [6.45, 7) is 0.563. The van der Waals surface area contributed by atoms with Crippen molar-refractivity contribution in [2.45, 2.75) is 13.1 Å². The van der Waals surface area contributed by atoms with E-state index in [1.807, 2.05) is 41.8 Å². The van der Waals surface area contributed by atoms with Crippen LogP contribution < -0.4 is 10.9 Å². The summed E-state index contributed by atoms with van der Waals surface area (Å²) in [7, 11) is 0. The van der Waals surface area contributed by atoms with E-state index < -0.39 is 0 Å². The first kappa shape index (κ1) is 17.1. The van der Waals surface area contributed by atoms with Crippen LogP contribution in [-0.4, -0.2) is 20.7 Å². The largest absolute Gasteiger partial charge is 0.346 e. The van der Waals surface area contributed by atoms with Gasteiger partial charge in [-0.05, 0) is 29.1 Å². The molecule has 0 saturated heterocycles. The van der Waals surface area contributed by atoms with E-state index in [1.165, 1.54) is 16.0 Å². The number of thiophene rings is 1. The highest BCUT2D eigenvalue weighted by atomic mass is 32.1. The van der Waals surface area contributed by atoms with E-state index >= 15 is 0 Å². The number of pyridine rings is 1. The molecule has 27 heavy (non-hydrogen) atoms. The van der Waals surface area contributed by atoms with E-state index in [9.17, 15) is 9.59 Å². The van der Waals surface area contributed by atoms with Gasteiger partial charge >= 0.3 is 0 Å². The molecular formula is C20H16N4O2S. The van der Waals surface area contributed by atoms with E-state index in [4.69, 9.17) is 0 Å². The standard InChI is InChI=1S/C20H16N4O2S/c25-19(18-8-4-10-27-18)22-12-17-15-6-1-2-7-16(15)20(26)24(23-17)13-14-5-3-9-21-11-14/h1-11H,12-13H2,(H,22,25). The van der Waals surface area contributed by atoms with E-state index in [0.717, 1.165) is 10.9 Å². The average molecular weight is 376 g/mol. The molecule has 6 nitrogen and oxygen atoms in total. The molecule has 0 radical (unpaired) electrons. The predicted molar refractivity (Wildman–Crippen MR) is 105 cm³/mol. The lowest BCUT2D eigenvalue weighted by molar-refractivity contribution is 0.0954. The Bertz CT molecular complexity index is 1140. The van der Waals surface area contributed by atoms with Crippen molar-refractivity contribution in [2.24, 2.45) is 0 Å². The third-order valence-electron chi connectivity index (χ3n) is 4.16. The number of carbonyl (C=O) groups excluding carboxylic acids is 1. The third-order valence-corrected chi connectivity index (χ3v) is 5.03. The number of carbonyl (C=O) groups is 1. The van der Waals surface area contributed by atoms with Crippen LogP contribution in [0.1, 0.15) is 20.9 Å². The zero-order valence-electron chi connectivity index (χ0n) is 14.3. The number of hydrogen-bond acceptors (Lipinski definition) is 5. The highest BCUT2D eigenvalue weighted by molar-refractivity contribution is 7.12. The quantitative estimate of drug-likeness (QED) is 0.581. The molecule has 1 N–H and O–H groups in total. The van der Waals surface area contributed by atoms with E-state index in [1.54, 1.807) is 24.5 Å². The van der Waals surface area contributed by atoms with Crippen molar-refractivity contribution < 1.29 is 4.79 Å². The molecule has 0 fully saturated rings. The molecule has 0 aliphatic rings. The fourth-order valence-electron chi connectivity index (χ4n) is 2.87. The Hall–Kier alpha value is -3.32. The molecule has 0 aliphatic heterocycles. The number of aromatic nitrogens is 3. The van der Waals surface area contributed by atoms with Gasteiger partial charge in [-0.25, -0.2) is 4.68 Å². The monoisotopic (exact) mass is 376 g/mol. The molecule has 3 heterocycles. The summed E-state index contributed by atoms with van der Waals surface area (Å²) in [5.74, 6) is -0.152. The van der Waals surface area contributed by atoms with Crippen molar-refractivity contribution in [3.8, 4) is 0 Å². The van der Waals surface area contributed by atoms with Gasteiger partial charge < -0.3 is 5.32 Å². The van der Waals surface area contributed by atoms with Gasteiger partial charge in [0.1, 0.15) is 0 Å². The van der Waals surface area contributed by atoms with E-state index in [-0.39, 0.29) is 18.0 Å². The van der Waals surface area contributed by atoms with Crippen LogP contribution >= 0.6 is 11.3 Å². The smallest absolute Gasteiger partial charge is 0.274 e. The van der Waals surface area contributed by atoms with Gasteiger partial charge in [0.25, 0.3) is 11.5 Å². The van der Waals surface area contributed by atoms with Gasteiger partial charge in [0, 0.05) is 17.8 Å². The Balaban J connectivity index is 1.69. The number of benzene rings is 1. The molecule has 134 valence electrons. The predicted octanol–water partition coefficient (Wildman–Crippen LogP) is 2.83. The van der Waals surface area contributed by atoms with Crippen LogP contribution in [0.25, 0.3) is 10.8 Å². The summed E-state index contributed by atoms with van der Waals surface area (Å²) in [6.07, 6.45) is 3.40. The SMILES string of the molecule is O=C(NCc1nn(Cc2cccnc2)c(=O)c2ccccc12)c1cccs1. The molecule has 0 aliphatic carbocycles. The lowest BCUT2D eigenvalue weighted by atomic mass is 10.1. The minimum atomic E-state index is -0.164. The van der Waals surface area contributed by atoms with Crippen molar-refractivity contribution >= 4 is 28.0 Å². The Kier molecular flexibility index (Phi) is 4.76. The van der Waals surface area contributed by atoms with Crippen LogP contribution in [0.2, 0.25) is 0 Å². The molecule has 0 bridgehead atoms. The van der Waals surface area contributed by atoms with Crippen molar-refractivity contribution in [3.05, 3.63) is 92.8 Å². The molecule has 0 unspecified atom stereocenters. The number of rotatable bonds is 5. The molecule has 4 rings (SSSR count). The molecule has 4 aromatic rings. The van der Waals surface area contributed by atoms with Gasteiger partial charge in [-0.1, -0.05) is 30.3 Å². The summed E-state index contributed by atoms with van der Waals surface area (Å²) < 4.78 is 1.42. The third kappa shape index (κ3) is 3.63. The number of nitrogens with one attached hydrogen (secondary N) is 1. The topological polar surface area (TPSA) is 76.9 Å². The van der Waals surface area contributed by atoms with E-state index in [2.05, 4.69) is 15.4 Å².